The molecule has 4 heteroatoms. The number of aromatic nitrogens is 2. The zero-order valence-electron chi connectivity index (χ0n) is 13.0. The first kappa shape index (κ1) is 14.6. The quantitative estimate of drug-likeness (QED) is 0.787. The van der Waals surface area contributed by atoms with Crippen LogP contribution in [0.25, 0.3) is 5.65 Å². The van der Waals surface area contributed by atoms with Crippen LogP contribution in [0.3, 0.4) is 0 Å². The first-order chi connectivity index (χ1) is 10.7. The molecule has 2 heterocycles. The Bertz CT molecular complexity index is 792. The Labute approximate surface area is 130 Å². The number of rotatable bonds is 5. The molecule has 3 aromatic rings. The number of nitrogens with two attached hydrogens (primary N) is 1. The molecule has 0 spiro atoms. The van der Waals surface area contributed by atoms with Gasteiger partial charge in [0.15, 0.2) is 0 Å². The van der Waals surface area contributed by atoms with Crippen molar-refractivity contribution in [2.24, 2.45) is 5.73 Å². The molecule has 114 valence electrons. The monoisotopic (exact) mass is 295 g/mol. The lowest BCUT2D eigenvalue weighted by atomic mass is 10.1. The lowest BCUT2D eigenvalue weighted by Crippen LogP contribution is -2.07. The molecule has 2 aromatic heterocycles. The maximum Gasteiger partial charge on any atom is 0.137 e. The van der Waals surface area contributed by atoms with Crippen LogP contribution >= 0.6 is 0 Å². The average Bonchev–Trinajstić information content (AvgIpc) is 2.85. The summed E-state index contributed by atoms with van der Waals surface area (Å²) in [5.74, 6) is 0.873. The van der Waals surface area contributed by atoms with E-state index < -0.39 is 0 Å². The number of benzene rings is 1. The van der Waals surface area contributed by atoms with Crippen LogP contribution in [-0.4, -0.2) is 23.0 Å². The highest BCUT2D eigenvalue weighted by Crippen LogP contribution is 2.20. The van der Waals surface area contributed by atoms with Gasteiger partial charge >= 0.3 is 0 Å². The highest BCUT2D eigenvalue weighted by atomic mass is 16.5. The molecule has 0 aliphatic rings. The molecule has 0 radical (unpaired) electrons. The predicted molar refractivity (Wildman–Crippen MR) is 88.5 cm³/mol. The van der Waals surface area contributed by atoms with E-state index in [4.69, 9.17) is 15.5 Å². The SMILES string of the molecule is COc1cccc(Cc2nc3ccc(C)cn3c2CCN)c1. The van der Waals surface area contributed by atoms with Gasteiger partial charge in [0.25, 0.3) is 0 Å². The van der Waals surface area contributed by atoms with Crippen molar-refractivity contribution in [3.63, 3.8) is 0 Å². The Morgan fingerprint density at radius 1 is 1.23 bits per heavy atom. The molecule has 0 saturated carbocycles. The summed E-state index contributed by atoms with van der Waals surface area (Å²) >= 11 is 0. The molecule has 0 aliphatic carbocycles. The number of hydrogen-bond donors (Lipinski definition) is 1. The summed E-state index contributed by atoms with van der Waals surface area (Å²) in [4.78, 5) is 4.79. The fraction of sp³-hybridized carbons (Fsp3) is 0.278. The molecule has 0 fully saturated rings. The second-order valence-corrected chi connectivity index (χ2v) is 5.51. The number of nitrogens with zero attached hydrogens (tertiary/aromatic N) is 2. The molecule has 0 bridgehead atoms. The number of hydrogen-bond acceptors (Lipinski definition) is 3. The van der Waals surface area contributed by atoms with Crippen LogP contribution in [-0.2, 0) is 12.8 Å². The summed E-state index contributed by atoms with van der Waals surface area (Å²) in [6.07, 6.45) is 3.74. The van der Waals surface area contributed by atoms with E-state index in [9.17, 15) is 0 Å². The Kier molecular flexibility index (Phi) is 4.11. The topological polar surface area (TPSA) is 52.5 Å². The molecule has 0 atom stereocenters. The molecule has 1 aromatic carbocycles. The van der Waals surface area contributed by atoms with Gasteiger partial charge in [-0.2, -0.15) is 0 Å². The fourth-order valence-electron chi connectivity index (χ4n) is 2.77. The Balaban J connectivity index is 2.03. The fourth-order valence-corrected chi connectivity index (χ4v) is 2.77. The van der Waals surface area contributed by atoms with Gasteiger partial charge in [-0.1, -0.05) is 18.2 Å². The van der Waals surface area contributed by atoms with Gasteiger partial charge in [0.1, 0.15) is 11.4 Å². The van der Waals surface area contributed by atoms with E-state index in [1.165, 1.54) is 16.8 Å². The summed E-state index contributed by atoms with van der Waals surface area (Å²) < 4.78 is 7.46. The van der Waals surface area contributed by atoms with Crippen molar-refractivity contribution in [1.29, 1.82) is 0 Å². The lowest BCUT2D eigenvalue weighted by Gasteiger charge is -2.06. The molecule has 0 amide bonds. The lowest BCUT2D eigenvalue weighted by molar-refractivity contribution is 0.414. The Morgan fingerprint density at radius 2 is 2.09 bits per heavy atom. The summed E-state index contributed by atoms with van der Waals surface area (Å²) in [6, 6.07) is 12.3. The van der Waals surface area contributed by atoms with Crippen molar-refractivity contribution in [2.45, 2.75) is 19.8 Å². The predicted octanol–water partition coefficient (Wildman–Crippen LogP) is 2.74. The van der Waals surface area contributed by atoms with Gasteiger partial charge in [0, 0.05) is 24.7 Å². The van der Waals surface area contributed by atoms with Crippen molar-refractivity contribution < 1.29 is 4.74 Å². The number of imidazole rings is 1. The number of fused-ring (bicyclic) bond motifs is 1. The molecule has 0 unspecified atom stereocenters. The van der Waals surface area contributed by atoms with Gasteiger partial charge in [-0.05, 0) is 42.8 Å². The normalized spacial score (nSPS) is 11.0. The Hall–Kier alpha value is -2.33. The minimum atomic E-state index is 0.618. The molecular weight excluding hydrogens is 274 g/mol. The third kappa shape index (κ3) is 2.83. The van der Waals surface area contributed by atoms with E-state index in [0.29, 0.717) is 6.54 Å². The summed E-state index contributed by atoms with van der Waals surface area (Å²) in [7, 11) is 1.69. The number of methoxy groups -OCH3 is 1. The maximum atomic E-state index is 5.80. The zero-order chi connectivity index (χ0) is 15.5. The Morgan fingerprint density at radius 3 is 2.86 bits per heavy atom. The molecule has 0 saturated heterocycles. The third-order valence-corrected chi connectivity index (χ3v) is 3.84. The second kappa shape index (κ2) is 6.20. The number of pyridine rings is 1. The van der Waals surface area contributed by atoms with Crippen LogP contribution < -0.4 is 10.5 Å². The molecule has 0 aliphatic heterocycles. The van der Waals surface area contributed by atoms with E-state index in [0.717, 1.165) is 29.9 Å². The van der Waals surface area contributed by atoms with Crippen molar-refractivity contribution in [3.05, 3.63) is 65.1 Å². The van der Waals surface area contributed by atoms with Crippen molar-refractivity contribution in [3.8, 4) is 5.75 Å². The van der Waals surface area contributed by atoms with Gasteiger partial charge in [-0.15, -0.1) is 0 Å². The molecule has 4 nitrogen and oxygen atoms in total. The zero-order valence-corrected chi connectivity index (χ0v) is 13.0. The second-order valence-electron chi connectivity index (χ2n) is 5.51. The minimum absolute atomic E-state index is 0.618. The number of aryl methyl sites for hydroxylation is 1. The van der Waals surface area contributed by atoms with Gasteiger partial charge in [0.2, 0.25) is 0 Å². The van der Waals surface area contributed by atoms with Gasteiger partial charge in [-0.25, -0.2) is 4.98 Å². The molecular formula is C18H21N3O. The van der Waals surface area contributed by atoms with Crippen LogP contribution in [0.5, 0.6) is 5.75 Å². The largest absolute Gasteiger partial charge is 0.497 e. The van der Waals surface area contributed by atoms with Crippen LogP contribution in [0, 0.1) is 6.92 Å². The average molecular weight is 295 g/mol. The summed E-state index contributed by atoms with van der Waals surface area (Å²) in [6.45, 7) is 2.71. The smallest absolute Gasteiger partial charge is 0.137 e. The van der Waals surface area contributed by atoms with E-state index in [2.05, 4.69) is 41.8 Å². The third-order valence-electron chi connectivity index (χ3n) is 3.84. The van der Waals surface area contributed by atoms with Crippen LogP contribution in [0.15, 0.2) is 42.6 Å². The maximum absolute atomic E-state index is 5.80. The highest BCUT2D eigenvalue weighted by molar-refractivity contribution is 5.46. The summed E-state index contributed by atoms with van der Waals surface area (Å²) in [5.41, 5.74) is 11.5. The van der Waals surface area contributed by atoms with Gasteiger partial charge in [0.05, 0.1) is 12.8 Å². The first-order valence-electron chi connectivity index (χ1n) is 7.50. The standard InChI is InChI=1S/C18H21N3O/c1-13-6-7-18-20-16(17(8-9-19)21(18)12-13)11-14-4-3-5-15(10-14)22-2/h3-7,10,12H,8-9,11,19H2,1-2H3. The molecule has 3 rings (SSSR count). The first-order valence-corrected chi connectivity index (χ1v) is 7.50. The highest BCUT2D eigenvalue weighted by Gasteiger charge is 2.12. The van der Waals surface area contributed by atoms with E-state index in [1.54, 1.807) is 7.11 Å². The molecule has 2 N–H and O–H groups in total. The van der Waals surface area contributed by atoms with Crippen LogP contribution in [0.2, 0.25) is 0 Å². The molecule has 22 heavy (non-hydrogen) atoms. The van der Waals surface area contributed by atoms with Gasteiger partial charge < -0.3 is 14.9 Å². The van der Waals surface area contributed by atoms with Gasteiger partial charge in [-0.3, -0.25) is 0 Å². The summed E-state index contributed by atoms with van der Waals surface area (Å²) in [5, 5.41) is 0. The van der Waals surface area contributed by atoms with E-state index >= 15 is 0 Å². The van der Waals surface area contributed by atoms with Crippen LogP contribution in [0.1, 0.15) is 22.5 Å². The van der Waals surface area contributed by atoms with E-state index in [-0.39, 0.29) is 0 Å². The van der Waals surface area contributed by atoms with Crippen molar-refractivity contribution in [1.82, 2.24) is 9.38 Å². The van der Waals surface area contributed by atoms with Crippen molar-refractivity contribution >= 4 is 5.65 Å². The van der Waals surface area contributed by atoms with Crippen LogP contribution in [0.4, 0.5) is 0 Å². The number of ether oxygens (including phenoxy) is 1. The van der Waals surface area contributed by atoms with E-state index in [1.807, 2.05) is 12.1 Å². The minimum Gasteiger partial charge on any atom is -0.497 e. The van der Waals surface area contributed by atoms with Crippen molar-refractivity contribution in [2.75, 3.05) is 13.7 Å².